The summed E-state index contributed by atoms with van der Waals surface area (Å²) in [7, 11) is 0. The number of rotatable bonds is 4. The molecule has 0 bridgehead atoms. The summed E-state index contributed by atoms with van der Waals surface area (Å²) in [5.74, 6) is 0. The summed E-state index contributed by atoms with van der Waals surface area (Å²) < 4.78 is 8.37. The molecule has 84 valence electrons. The third-order valence-corrected chi connectivity index (χ3v) is 2.95. The highest BCUT2D eigenvalue weighted by atomic mass is 32.1. The molecule has 3 nitrogen and oxygen atoms in total. The molecule has 0 spiro atoms. The van der Waals surface area contributed by atoms with Gasteiger partial charge >= 0.3 is 0 Å². The normalized spacial score (nSPS) is 12.6. The molecule has 1 heterocycles. The number of hydrogen-bond acceptors (Lipinski definition) is 4. The van der Waals surface area contributed by atoms with Crippen molar-refractivity contribution in [2.45, 2.75) is 19.9 Å². The Kier molecular flexibility index (Phi) is 3.64. The zero-order chi connectivity index (χ0) is 11.4. The minimum atomic E-state index is 0.156. The number of benzene rings is 1. The Hall–Kier alpha value is -1.26. The van der Waals surface area contributed by atoms with Crippen LogP contribution in [-0.2, 0) is 0 Å². The van der Waals surface area contributed by atoms with Gasteiger partial charge in [-0.15, -0.1) is 0 Å². The SMILES string of the molecule is CCNC(c1cccc(C)c1)c1cnsn1. The number of aryl methyl sites for hydroxylation is 1. The Morgan fingerprint density at radius 3 is 2.94 bits per heavy atom. The van der Waals surface area contributed by atoms with E-state index in [1.807, 2.05) is 6.20 Å². The summed E-state index contributed by atoms with van der Waals surface area (Å²) in [6.45, 7) is 5.12. The van der Waals surface area contributed by atoms with Crippen LogP contribution in [0.4, 0.5) is 0 Å². The van der Waals surface area contributed by atoms with E-state index < -0.39 is 0 Å². The van der Waals surface area contributed by atoms with Crippen LogP contribution in [0.1, 0.15) is 29.8 Å². The number of nitrogens with zero attached hydrogens (tertiary/aromatic N) is 2. The molecule has 0 fully saturated rings. The summed E-state index contributed by atoms with van der Waals surface area (Å²) in [6, 6.07) is 8.65. The van der Waals surface area contributed by atoms with E-state index >= 15 is 0 Å². The van der Waals surface area contributed by atoms with Crippen LogP contribution < -0.4 is 5.32 Å². The average molecular weight is 233 g/mol. The van der Waals surface area contributed by atoms with Crippen LogP contribution in [0, 0.1) is 6.92 Å². The summed E-state index contributed by atoms with van der Waals surface area (Å²) in [5.41, 5.74) is 3.51. The highest BCUT2D eigenvalue weighted by molar-refractivity contribution is 6.99. The standard InChI is InChI=1S/C12H15N3S/c1-3-13-12(11-8-14-16-15-11)10-6-4-5-9(2)7-10/h4-8,12-13H,3H2,1-2H3. The van der Waals surface area contributed by atoms with Crippen molar-refractivity contribution in [3.8, 4) is 0 Å². The fourth-order valence-electron chi connectivity index (χ4n) is 1.75. The molecule has 16 heavy (non-hydrogen) atoms. The van der Waals surface area contributed by atoms with Crippen LogP contribution in [0.15, 0.2) is 30.5 Å². The maximum absolute atomic E-state index is 4.31. The summed E-state index contributed by atoms with van der Waals surface area (Å²) in [4.78, 5) is 0. The van der Waals surface area contributed by atoms with E-state index in [0.717, 1.165) is 12.2 Å². The Morgan fingerprint density at radius 2 is 2.31 bits per heavy atom. The van der Waals surface area contributed by atoms with Gasteiger partial charge in [0.1, 0.15) is 0 Å². The summed E-state index contributed by atoms with van der Waals surface area (Å²) in [6.07, 6.45) is 1.83. The van der Waals surface area contributed by atoms with Crippen LogP contribution in [0.2, 0.25) is 0 Å². The van der Waals surface area contributed by atoms with Gasteiger partial charge < -0.3 is 5.32 Å². The molecule has 0 amide bonds. The van der Waals surface area contributed by atoms with Gasteiger partial charge in [0.2, 0.25) is 0 Å². The molecule has 0 aliphatic rings. The predicted molar refractivity (Wildman–Crippen MR) is 66.6 cm³/mol. The predicted octanol–water partition coefficient (Wildman–Crippen LogP) is 2.55. The van der Waals surface area contributed by atoms with Crippen molar-refractivity contribution in [2.24, 2.45) is 0 Å². The van der Waals surface area contributed by atoms with Crippen molar-refractivity contribution in [1.82, 2.24) is 14.1 Å². The number of hydrogen-bond donors (Lipinski definition) is 1. The van der Waals surface area contributed by atoms with Crippen molar-refractivity contribution in [2.75, 3.05) is 6.54 Å². The minimum Gasteiger partial charge on any atom is -0.305 e. The molecule has 0 saturated carbocycles. The maximum Gasteiger partial charge on any atom is 0.0957 e. The van der Waals surface area contributed by atoms with E-state index in [9.17, 15) is 0 Å². The molecule has 0 aliphatic carbocycles. The first-order valence-corrected chi connectivity index (χ1v) is 6.11. The molecule has 0 saturated heterocycles. The lowest BCUT2D eigenvalue weighted by Gasteiger charge is -2.16. The van der Waals surface area contributed by atoms with Crippen LogP contribution in [0.25, 0.3) is 0 Å². The summed E-state index contributed by atoms with van der Waals surface area (Å²) in [5, 5.41) is 3.43. The van der Waals surface area contributed by atoms with Gasteiger partial charge in [-0.05, 0) is 19.0 Å². The molecule has 1 aromatic heterocycles. The topological polar surface area (TPSA) is 37.8 Å². The smallest absolute Gasteiger partial charge is 0.0957 e. The molecule has 2 aromatic rings. The molecule has 1 atom stereocenters. The fourth-order valence-corrected chi connectivity index (χ4v) is 2.20. The van der Waals surface area contributed by atoms with Gasteiger partial charge in [0.25, 0.3) is 0 Å². The van der Waals surface area contributed by atoms with Gasteiger partial charge in [-0.25, -0.2) is 0 Å². The second kappa shape index (κ2) is 5.18. The van der Waals surface area contributed by atoms with Crippen molar-refractivity contribution >= 4 is 11.7 Å². The number of nitrogens with one attached hydrogen (secondary N) is 1. The first kappa shape index (κ1) is 11.2. The van der Waals surface area contributed by atoms with E-state index in [4.69, 9.17) is 0 Å². The van der Waals surface area contributed by atoms with E-state index in [2.05, 4.69) is 52.2 Å². The van der Waals surface area contributed by atoms with Gasteiger partial charge in [-0.2, -0.15) is 8.75 Å². The lowest BCUT2D eigenvalue weighted by atomic mass is 10.0. The summed E-state index contributed by atoms with van der Waals surface area (Å²) >= 11 is 1.25. The molecule has 0 aliphatic heterocycles. The zero-order valence-corrected chi connectivity index (χ0v) is 10.3. The number of aromatic nitrogens is 2. The van der Waals surface area contributed by atoms with E-state index in [1.54, 1.807) is 0 Å². The largest absolute Gasteiger partial charge is 0.305 e. The molecule has 1 N–H and O–H groups in total. The Morgan fingerprint density at radius 1 is 1.44 bits per heavy atom. The first-order valence-electron chi connectivity index (χ1n) is 5.38. The van der Waals surface area contributed by atoms with Crippen LogP contribution in [0.3, 0.4) is 0 Å². The van der Waals surface area contributed by atoms with Crippen molar-refractivity contribution in [3.63, 3.8) is 0 Å². The van der Waals surface area contributed by atoms with Gasteiger partial charge in [0.15, 0.2) is 0 Å². The van der Waals surface area contributed by atoms with Crippen LogP contribution >= 0.6 is 11.7 Å². The minimum absolute atomic E-state index is 0.156. The average Bonchev–Trinajstić information content (AvgIpc) is 2.79. The molecule has 1 unspecified atom stereocenters. The molecule has 1 aromatic carbocycles. The van der Waals surface area contributed by atoms with Crippen molar-refractivity contribution in [1.29, 1.82) is 0 Å². The van der Waals surface area contributed by atoms with Gasteiger partial charge in [0.05, 0.1) is 29.7 Å². The van der Waals surface area contributed by atoms with Gasteiger partial charge in [-0.3, -0.25) is 0 Å². The highest BCUT2D eigenvalue weighted by Gasteiger charge is 2.15. The fraction of sp³-hybridized carbons (Fsp3) is 0.333. The molecule has 2 rings (SSSR count). The zero-order valence-electron chi connectivity index (χ0n) is 9.47. The van der Waals surface area contributed by atoms with Crippen LogP contribution in [-0.4, -0.2) is 15.3 Å². The molecular weight excluding hydrogens is 218 g/mol. The first-order chi connectivity index (χ1) is 7.81. The van der Waals surface area contributed by atoms with Crippen molar-refractivity contribution in [3.05, 3.63) is 47.3 Å². The highest BCUT2D eigenvalue weighted by Crippen LogP contribution is 2.21. The third-order valence-electron chi connectivity index (χ3n) is 2.46. The quantitative estimate of drug-likeness (QED) is 0.882. The van der Waals surface area contributed by atoms with Gasteiger partial charge in [-0.1, -0.05) is 36.8 Å². The van der Waals surface area contributed by atoms with E-state index in [0.29, 0.717) is 0 Å². The lowest BCUT2D eigenvalue weighted by Crippen LogP contribution is -2.22. The van der Waals surface area contributed by atoms with Crippen LogP contribution in [0.5, 0.6) is 0 Å². The molecular formula is C12H15N3S. The van der Waals surface area contributed by atoms with Crippen molar-refractivity contribution < 1.29 is 0 Å². The molecule has 4 heteroatoms. The monoisotopic (exact) mass is 233 g/mol. The molecule has 0 radical (unpaired) electrons. The maximum atomic E-state index is 4.31. The third kappa shape index (κ3) is 2.46. The lowest BCUT2D eigenvalue weighted by molar-refractivity contribution is 0.619. The van der Waals surface area contributed by atoms with Gasteiger partial charge in [0, 0.05) is 0 Å². The van der Waals surface area contributed by atoms with E-state index in [-0.39, 0.29) is 6.04 Å². The second-order valence-corrected chi connectivity index (χ2v) is 4.29. The van der Waals surface area contributed by atoms with E-state index in [1.165, 1.54) is 22.9 Å². The Labute approximate surface area is 99.9 Å². The Bertz CT molecular complexity index is 439. The second-order valence-electron chi connectivity index (χ2n) is 3.74. The Balaban J connectivity index is 2.33.